The molecule has 0 radical (unpaired) electrons. The Morgan fingerprint density at radius 2 is 1.57 bits per heavy atom. The van der Waals surface area contributed by atoms with Gasteiger partial charge in [0, 0.05) is 0 Å². The minimum atomic E-state index is -0.609. The van der Waals surface area contributed by atoms with Gasteiger partial charge in [-0.25, -0.2) is 0 Å². The van der Waals surface area contributed by atoms with Crippen LogP contribution < -0.4 is 0 Å². The first-order chi connectivity index (χ1) is 10.4. The van der Waals surface area contributed by atoms with Crippen LogP contribution in [0, 0.1) is 0 Å². The van der Waals surface area contributed by atoms with Crippen molar-refractivity contribution < 1.29 is 23.2 Å². The van der Waals surface area contributed by atoms with Crippen molar-refractivity contribution in [2.24, 2.45) is 0 Å². The van der Waals surface area contributed by atoms with Crippen molar-refractivity contribution >= 4 is 0 Å². The molecule has 0 atom stereocenters. The van der Waals surface area contributed by atoms with Crippen molar-refractivity contribution in [1.82, 2.24) is 0 Å². The van der Waals surface area contributed by atoms with Crippen molar-refractivity contribution in [3.05, 3.63) is 80.7 Å². The van der Waals surface area contributed by atoms with E-state index in [2.05, 4.69) is 67.6 Å². The third-order valence-electron chi connectivity index (χ3n) is 4.52. The van der Waals surface area contributed by atoms with Crippen LogP contribution in [-0.2, 0) is 23.2 Å². The molecule has 0 nitrogen and oxygen atoms in total. The summed E-state index contributed by atoms with van der Waals surface area (Å²) >= 11 is -0.609. The van der Waals surface area contributed by atoms with Gasteiger partial charge in [-0.1, -0.05) is 0 Å². The summed E-state index contributed by atoms with van der Waals surface area (Å²) in [4.78, 5) is 0. The van der Waals surface area contributed by atoms with Gasteiger partial charge in [-0.2, -0.15) is 0 Å². The predicted molar refractivity (Wildman–Crippen MR) is 84.8 cm³/mol. The van der Waals surface area contributed by atoms with Crippen LogP contribution in [0.4, 0.5) is 0 Å². The van der Waals surface area contributed by atoms with E-state index < -0.39 is 23.2 Å². The van der Waals surface area contributed by atoms with Crippen LogP contribution in [0.25, 0.3) is 11.1 Å². The maximum atomic E-state index is 2.50. The summed E-state index contributed by atoms with van der Waals surface area (Å²) in [5.41, 5.74) is 7.65. The molecule has 102 valence electrons. The van der Waals surface area contributed by atoms with Gasteiger partial charge in [0.25, 0.3) is 0 Å². The normalized spacial score (nSPS) is 16.2. The second-order valence-electron chi connectivity index (χ2n) is 5.76. The standard InChI is InChI=1S/C13H9.C7H9.Zr/c1-3-7-12-10(5-1)9-11-6-2-4-8-13(11)12;1-2-7-5-3-4-6-7;/h1-9H;5-6H,2-3H2,1H3;. The Balaban J connectivity index is 1.73. The number of hydrogen-bond donors (Lipinski definition) is 0. The monoisotopic (exact) mass is 348 g/mol. The van der Waals surface area contributed by atoms with E-state index in [0.717, 1.165) is 0 Å². The fourth-order valence-corrected chi connectivity index (χ4v) is 7.54. The molecule has 0 fully saturated rings. The van der Waals surface area contributed by atoms with Gasteiger partial charge in [0.2, 0.25) is 0 Å². The first kappa shape index (κ1) is 13.5. The van der Waals surface area contributed by atoms with Gasteiger partial charge in [-0.15, -0.1) is 0 Å². The van der Waals surface area contributed by atoms with E-state index in [0.29, 0.717) is 3.63 Å². The average Bonchev–Trinajstić information content (AvgIpc) is 3.12. The zero-order chi connectivity index (χ0) is 14.2. The first-order valence-corrected chi connectivity index (χ1v) is 10.4. The molecule has 0 amide bonds. The molecular weight excluding hydrogens is 331 g/mol. The third-order valence-corrected chi connectivity index (χ3v) is 8.52. The third kappa shape index (κ3) is 2.32. The molecule has 2 aliphatic rings. The van der Waals surface area contributed by atoms with E-state index in [1.165, 1.54) is 24.0 Å². The van der Waals surface area contributed by atoms with Gasteiger partial charge < -0.3 is 0 Å². The Morgan fingerprint density at radius 3 is 2.14 bits per heavy atom. The summed E-state index contributed by atoms with van der Waals surface area (Å²) in [5.74, 6) is 0. The molecule has 0 spiro atoms. The molecule has 2 aromatic rings. The van der Waals surface area contributed by atoms with E-state index in [9.17, 15) is 0 Å². The number of fused-ring (bicyclic) bond motifs is 3. The molecule has 1 heteroatoms. The van der Waals surface area contributed by atoms with Gasteiger partial charge in [0.15, 0.2) is 0 Å². The van der Waals surface area contributed by atoms with Crippen LogP contribution >= 0.6 is 0 Å². The van der Waals surface area contributed by atoms with Crippen LogP contribution in [0.1, 0.15) is 34.5 Å². The Hall–Kier alpha value is -1.20. The van der Waals surface area contributed by atoms with E-state index in [1.54, 1.807) is 20.0 Å². The first-order valence-electron chi connectivity index (χ1n) is 7.71. The molecular formula is C20H18Zr. The molecule has 0 heterocycles. The zero-order valence-electron chi connectivity index (χ0n) is 12.3. The van der Waals surface area contributed by atoms with Crippen LogP contribution in [0.5, 0.6) is 0 Å². The molecule has 2 aliphatic carbocycles. The van der Waals surface area contributed by atoms with E-state index in [-0.39, 0.29) is 0 Å². The second-order valence-corrected chi connectivity index (χ2v) is 9.47. The summed E-state index contributed by atoms with van der Waals surface area (Å²) in [6, 6.07) is 18.1. The molecule has 0 bridgehead atoms. The van der Waals surface area contributed by atoms with Gasteiger partial charge in [0.1, 0.15) is 0 Å². The van der Waals surface area contributed by atoms with Crippen molar-refractivity contribution in [2.75, 3.05) is 0 Å². The molecule has 0 N–H and O–H groups in total. The van der Waals surface area contributed by atoms with Gasteiger partial charge in [-0.05, 0) is 0 Å². The second kappa shape index (κ2) is 5.54. The SMILES string of the molecule is CCC1=CC[C]([Zr][CH]2c3ccccc3-c3ccccc32)=C1. The topological polar surface area (TPSA) is 0 Å². The summed E-state index contributed by atoms with van der Waals surface area (Å²) in [6.45, 7) is 2.26. The quantitative estimate of drug-likeness (QED) is 0.690. The molecule has 0 aliphatic heterocycles. The number of benzene rings is 2. The summed E-state index contributed by atoms with van der Waals surface area (Å²) in [6.07, 6.45) is 7.33. The van der Waals surface area contributed by atoms with E-state index in [1.807, 2.05) is 0 Å². The van der Waals surface area contributed by atoms with Crippen molar-refractivity contribution in [3.63, 3.8) is 0 Å². The Morgan fingerprint density at radius 1 is 0.952 bits per heavy atom. The van der Waals surface area contributed by atoms with Crippen LogP contribution in [-0.4, -0.2) is 0 Å². The molecule has 4 rings (SSSR count). The van der Waals surface area contributed by atoms with Crippen LogP contribution in [0.2, 0.25) is 0 Å². The number of allylic oxidation sites excluding steroid dienone is 4. The molecule has 0 saturated heterocycles. The Kier molecular flexibility index (Phi) is 3.55. The van der Waals surface area contributed by atoms with E-state index in [4.69, 9.17) is 0 Å². The Bertz CT molecular complexity index is 706. The molecule has 0 unspecified atom stereocenters. The maximum absolute atomic E-state index is 2.50. The van der Waals surface area contributed by atoms with Crippen molar-refractivity contribution in [3.8, 4) is 11.1 Å². The zero-order valence-corrected chi connectivity index (χ0v) is 14.7. The molecule has 0 aromatic heterocycles. The van der Waals surface area contributed by atoms with Gasteiger partial charge in [-0.3, -0.25) is 0 Å². The fourth-order valence-electron chi connectivity index (χ4n) is 3.43. The minimum absolute atomic E-state index is 0.609. The molecule has 21 heavy (non-hydrogen) atoms. The van der Waals surface area contributed by atoms with Crippen molar-refractivity contribution in [1.29, 1.82) is 0 Å². The van der Waals surface area contributed by atoms with Crippen LogP contribution in [0.15, 0.2) is 69.5 Å². The van der Waals surface area contributed by atoms with Crippen LogP contribution in [0.3, 0.4) is 0 Å². The van der Waals surface area contributed by atoms with E-state index >= 15 is 0 Å². The summed E-state index contributed by atoms with van der Waals surface area (Å²) < 4.78 is 2.46. The van der Waals surface area contributed by atoms with Gasteiger partial charge >= 0.3 is 138 Å². The van der Waals surface area contributed by atoms with Crippen molar-refractivity contribution in [2.45, 2.75) is 23.4 Å². The predicted octanol–water partition coefficient (Wildman–Crippen LogP) is 5.46. The fraction of sp³-hybridized carbons (Fsp3) is 0.200. The van der Waals surface area contributed by atoms with Gasteiger partial charge in [0.05, 0.1) is 0 Å². The number of rotatable bonds is 3. The summed E-state index contributed by atoms with van der Waals surface area (Å²) in [5, 5.41) is 0. The molecule has 0 saturated carbocycles. The number of hydrogen-bond acceptors (Lipinski definition) is 0. The molecule has 2 aromatic carbocycles. The Labute approximate surface area is 138 Å². The average molecular weight is 350 g/mol. The summed E-state index contributed by atoms with van der Waals surface area (Å²) in [7, 11) is 0.